The fourth-order valence-corrected chi connectivity index (χ4v) is 3.38. The third kappa shape index (κ3) is 7.88. The van der Waals surface area contributed by atoms with Crippen LogP contribution >= 0.6 is 7.60 Å². The van der Waals surface area contributed by atoms with Crippen LogP contribution in [0.3, 0.4) is 0 Å². The van der Waals surface area contributed by atoms with Crippen molar-refractivity contribution in [2.75, 3.05) is 31.6 Å². The molecule has 11 heteroatoms. The SMILES string of the molecule is CCOP(=O)(CO[C@H](CF)Cn1ccc(NC(=O)C(C)C)nc1=O)OCC. The summed E-state index contributed by atoms with van der Waals surface area (Å²) in [5.74, 6) is -0.415. The molecular weight excluding hydrogens is 380 g/mol. The Hall–Kier alpha value is -1.61. The average molecular weight is 407 g/mol. The van der Waals surface area contributed by atoms with E-state index in [0.717, 1.165) is 4.57 Å². The number of ether oxygens (including phenoxy) is 1. The Morgan fingerprint density at radius 3 is 2.44 bits per heavy atom. The molecule has 1 N–H and O–H groups in total. The van der Waals surface area contributed by atoms with E-state index in [1.165, 1.54) is 12.3 Å². The molecule has 1 aromatic heterocycles. The second-order valence-corrected chi connectivity index (χ2v) is 7.91. The van der Waals surface area contributed by atoms with Crippen molar-refractivity contribution in [3.05, 3.63) is 22.7 Å². The Morgan fingerprint density at radius 1 is 1.33 bits per heavy atom. The largest absolute Gasteiger partial charge is 0.361 e. The highest BCUT2D eigenvalue weighted by Gasteiger charge is 2.26. The Bertz CT molecular complexity index is 702. The first-order chi connectivity index (χ1) is 12.7. The van der Waals surface area contributed by atoms with Crippen molar-refractivity contribution in [3.8, 4) is 0 Å². The van der Waals surface area contributed by atoms with Crippen LogP contribution in [0.2, 0.25) is 0 Å². The van der Waals surface area contributed by atoms with E-state index in [9.17, 15) is 18.5 Å². The van der Waals surface area contributed by atoms with Gasteiger partial charge in [-0.3, -0.25) is 13.9 Å². The van der Waals surface area contributed by atoms with Crippen molar-refractivity contribution >= 4 is 19.3 Å². The minimum absolute atomic E-state index is 0.116. The smallest absolute Gasteiger partial charge is 0.356 e. The highest BCUT2D eigenvalue weighted by Crippen LogP contribution is 2.48. The lowest BCUT2D eigenvalue weighted by Gasteiger charge is -2.21. The van der Waals surface area contributed by atoms with Crippen LogP contribution in [-0.2, 0) is 29.7 Å². The summed E-state index contributed by atoms with van der Waals surface area (Å²) < 4.78 is 42.2. The van der Waals surface area contributed by atoms with Gasteiger partial charge in [0.2, 0.25) is 5.91 Å². The molecule has 0 aromatic carbocycles. The van der Waals surface area contributed by atoms with Crippen LogP contribution in [0.5, 0.6) is 0 Å². The van der Waals surface area contributed by atoms with Gasteiger partial charge in [0.15, 0.2) is 0 Å². The maximum Gasteiger partial charge on any atom is 0.356 e. The number of anilines is 1. The molecule has 1 amide bonds. The number of halogens is 1. The van der Waals surface area contributed by atoms with Gasteiger partial charge in [-0.05, 0) is 19.9 Å². The van der Waals surface area contributed by atoms with Crippen LogP contribution in [0.15, 0.2) is 17.1 Å². The van der Waals surface area contributed by atoms with E-state index in [1.54, 1.807) is 27.7 Å². The van der Waals surface area contributed by atoms with Crippen LogP contribution in [0, 0.1) is 5.92 Å². The number of carbonyl (C=O) groups excluding carboxylic acids is 1. The summed E-state index contributed by atoms with van der Waals surface area (Å²) in [5.41, 5.74) is -0.670. The molecule has 0 aliphatic carbocycles. The molecule has 27 heavy (non-hydrogen) atoms. The van der Waals surface area contributed by atoms with Gasteiger partial charge in [-0.1, -0.05) is 13.8 Å². The molecule has 0 fully saturated rings. The van der Waals surface area contributed by atoms with E-state index in [-0.39, 0.29) is 37.4 Å². The van der Waals surface area contributed by atoms with Crippen molar-refractivity contribution in [2.24, 2.45) is 5.92 Å². The predicted octanol–water partition coefficient (Wildman–Crippen LogP) is 2.42. The summed E-state index contributed by atoms with van der Waals surface area (Å²) in [4.78, 5) is 27.4. The fourth-order valence-electron chi connectivity index (χ4n) is 1.98. The first kappa shape index (κ1) is 23.4. The molecule has 0 bridgehead atoms. The normalized spacial score (nSPS) is 13.0. The molecule has 9 nitrogen and oxygen atoms in total. The van der Waals surface area contributed by atoms with Crippen molar-refractivity contribution in [1.82, 2.24) is 9.55 Å². The standard InChI is InChI=1S/C16H27FN3O6P/c1-5-25-27(23,26-6-2)11-24-13(9-17)10-20-8-7-14(19-16(20)22)18-15(21)12(3)4/h7-8,12-13H,5-6,9-11H2,1-4H3,(H,18,19,21,22)/t13-/m1/s1. The summed E-state index contributed by atoms with van der Waals surface area (Å²) in [6.45, 7) is 6.01. The van der Waals surface area contributed by atoms with E-state index in [4.69, 9.17) is 13.8 Å². The van der Waals surface area contributed by atoms with Gasteiger partial charge < -0.3 is 19.1 Å². The van der Waals surface area contributed by atoms with Crippen molar-refractivity contribution in [2.45, 2.75) is 40.3 Å². The average Bonchev–Trinajstić information content (AvgIpc) is 2.60. The van der Waals surface area contributed by atoms with E-state index < -0.39 is 32.4 Å². The minimum atomic E-state index is -3.48. The number of nitrogens with one attached hydrogen (secondary N) is 1. The Kier molecular flexibility index (Phi) is 9.79. The number of hydrogen-bond donors (Lipinski definition) is 1. The van der Waals surface area contributed by atoms with Gasteiger partial charge in [-0.25, -0.2) is 9.18 Å². The van der Waals surface area contributed by atoms with E-state index in [2.05, 4.69) is 10.3 Å². The highest BCUT2D eigenvalue weighted by atomic mass is 31.2. The fraction of sp³-hybridized carbons (Fsp3) is 0.688. The number of nitrogens with zero attached hydrogens (tertiary/aromatic N) is 2. The lowest BCUT2D eigenvalue weighted by atomic mass is 10.2. The summed E-state index contributed by atoms with van der Waals surface area (Å²) in [6, 6.07) is 1.43. The third-order valence-electron chi connectivity index (χ3n) is 3.34. The Labute approximate surface area is 157 Å². The molecule has 0 radical (unpaired) electrons. The van der Waals surface area contributed by atoms with Gasteiger partial charge in [0, 0.05) is 12.1 Å². The molecular formula is C16H27FN3O6P. The van der Waals surface area contributed by atoms with Crippen molar-refractivity contribution in [3.63, 3.8) is 0 Å². The summed E-state index contributed by atoms with van der Waals surface area (Å²) >= 11 is 0. The zero-order valence-electron chi connectivity index (χ0n) is 16.0. The van der Waals surface area contributed by atoms with Gasteiger partial charge in [0.05, 0.1) is 19.8 Å². The maximum atomic E-state index is 13.3. The molecule has 1 atom stereocenters. The number of hydrogen-bond acceptors (Lipinski definition) is 7. The number of alkyl halides is 1. The van der Waals surface area contributed by atoms with Crippen LogP contribution in [0.25, 0.3) is 0 Å². The lowest BCUT2D eigenvalue weighted by Crippen LogP contribution is -2.32. The molecule has 154 valence electrons. The quantitative estimate of drug-likeness (QED) is 0.530. The second kappa shape index (κ2) is 11.3. The lowest BCUT2D eigenvalue weighted by molar-refractivity contribution is -0.118. The molecule has 0 spiro atoms. The third-order valence-corrected chi connectivity index (χ3v) is 5.11. The van der Waals surface area contributed by atoms with Crippen molar-refractivity contribution in [1.29, 1.82) is 0 Å². The number of aromatic nitrogens is 2. The van der Waals surface area contributed by atoms with Gasteiger partial charge in [-0.15, -0.1) is 0 Å². The van der Waals surface area contributed by atoms with Crippen LogP contribution in [-0.4, -0.2) is 47.8 Å². The number of amides is 1. The Balaban J connectivity index is 2.75. The molecule has 0 aliphatic heterocycles. The first-order valence-electron chi connectivity index (χ1n) is 8.68. The minimum Gasteiger partial charge on any atom is -0.361 e. The molecule has 1 aromatic rings. The maximum absolute atomic E-state index is 13.3. The van der Waals surface area contributed by atoms with Gasteiger partial charge in [-0.2, -0.15) is 4.98 Å². The molecule has 1 heterocycles. The first-order valence-corrected chi connectivity index (χ1v) is 10.4. The van der Waals surface area contributed by atoms with Crippen molar-refractivity contribution < 1.29 is 27.5 Å². The van der Waals surface area contributed by atoms with Crippen LogP contribution in [0.4, 0.5) is 10.2 Å². The zero-order valence-corrected chi connectivity index (χ0v) is 16.9. The second-order valence-electron chi connectivity index (χ2n) is 5.91. The van der Waals surface area contributed by atoms with E-state index in [0.29, 0.717) is 0 Å². The van der Waals surface area contributed by atoms with Crippen LogP contribution in [0.1, 0.15) is 27.7 Å². The topological polar surface area (TPSA) is 109 Å². The molecule has 0 saturated heterocycles. The van der Waals surface area contributed by atoms with Gasteiger partial charge in [0.1, 0.15) is 24.9 Å². The summed E-state index contributed by atoms with van der Waals surface area (Å²) in [7, 11) is -3.48. The molecule has 0 aliphatic rings. The summed E-state index contributed by atoms with van der Waals surface area (Å²) in [5, 5.41) is 2.51. The summed E-state index contributed by atoms with van der Waals surface area (Å²) in [6.07, 6.45) is -0.0782. The van der Waals surface area contributed by atoms with Gasteiger partial charge >= 0.3 is 13.3 Å². The molecule has 1 rings (SSSR count). The van der Waals surface area contributed by atoms with Crippen LogP contribution < -0.4 is 11.0 Å². The van der Waals surface area contributed by atoms with E-state index in [1.807, 2.05) is 0 Å². The highest BCUT2D eigenvalue weighted by molar-refractivity contribution is 7.53. The molecule has 0 saturated carbocycles. The number of rotatable bonds is 12. The monoisotopic (exact) mass is 407 g/mol. The van der Waals surface area contributed by atoms with E-state index >= 15 is 0 Å². The zero-order chi connectivity index (χ0) is 20.4. The van der Waals surface area contributed by atoms with Gasteiger partial charge in [0.25, 0.3) is 0 Å². The Morgan fingerprint density at radius 2 is 1.96 bits per heavy atom. The molecule has 0 unspecified atom stereocenters. The number of carbonyl (C=O) groups is 1. The predicted molar refractivity (Wildman–Crippen MR) is 98.5 cm³/mol.